The number of rotatable bonds is 5. The number of hydrogen-bond donors (Lipinski definition) is 2. The molecule has 0 bridgehead atoms. The monoisotopic (exact) mass is 356 g/mol. The molecule has 0 radical (unpaired) electrons. The van der Waals surface area contributed by atoms with E-state index in [1.807, 2.05) is 30.3 Å². The summed E-state index contributed by atoms with van der Waals surface area (Å²) in [4.78, 5) is 14.0. The number of fused-ring (bicyclic) bond motifs is 1. The quantitative estimate of drug-likeness (QED) is 0.808. The first-order valence-electron chi connectivity index (χ1n) is 9.14. The molecule has 1 aliphatic rings. The second kappa shape index (κ2) is 7.20. The maximum Gasteiger partial charge on any atom is 0.254 e. The van der Waals surface area contributed by atoms with Crippen LogP contribution in [0.25, 0.3) is 0 Å². The van der Waals surface area contributed by atoms with Gasteiger partial charge in [0.05, 0.1) is 10.6 Å². The second-order valence-electron chi connectivity index (χ2n) is 7.69. The Bertz CT molecular complexity index is 749. The number of nitrogens with one attached hydrogen (secondary N) is 1. The number of hydrogen-bond acceptors (Lipinski definition) is 3. The number of benzene rings is 1. The van der Waals surface area contributed by atoms with Crippen LogP contribution in [0.3, 0.4) is 0 Å². The van der Waals surface area contributed by atoms with Crippen molar-refractivity contribution in [3.05, 3.63) is 51.9 Å². The van der Waals surface area contributed by atoms with Gasteiger partial charge in [0.15, 0.2) is 0 Å². The maximum absolute atomic E-state index is 12.7. The van der Waals surface area contributed by atoms with E-state index < -0.39 is 0 Å². The molecule has 4 heteroatoms. The van der Waals surface area contributed by atoms with Gasteiger partial charge >= 0.3 is 0 Å². The average molecular weight is 357 g/mol. The molecular weight excluding hydrogens is 328 g/mol. The Balaban J connectivity index is 1.75. The first-order valence-corrected chi connectivity index (χ1v) is 9.96. The van der Waals surface area contributed by atoms with Crippen molar-refractivity contribution in [2.45, 2.75) is 53.0 Å². The molecule has 3 N–H and O–H groups in total. The standard InChI is InChI=1S/C21H28N2OS/c1-4-21(2,3)15-10-11-16-17(12-15)25-19(22)18(16)20(24)23-13-14-8-6-5-7-9-14/h5-9,15H,4,10-13,22H2,1-3H3,(H,23,24)/t15-/m0/s1. The number of nitrogen functional groups attached to an aromatic ring is 1. The molecule has 1 atom stereocenters. The van der Waals surface area contributed by atoms with Crippen molar-refractivity contribution >= 4 is 22.2 Å². The number of amides is 1. The van der Waals surface area contributed by atoms with Crippen LogP contribution in [0.15, 0.2) is 30.3 Å². The van der Waals surface area contributed by atoms with Crippen LogP contribution in [0, 0.1) is 11.3 Å². The number of carbonyl (C=O) groups excluding carboxylic acids is 1. The molecule has 0 spiro atoms. The summed E-state index contributed by atoms with van der Waals surface area (Å²) in [5, 5.41) is 3.70. The average Bonchev–Trinajstić information content (AvgIpc) is 2.95. The number of carbonyl (C=O) groups is 1. The third-order valence-corrected chi connectivity index (χ3v) is 6.92. The molecule has 1 aromatic heterocycles. The fraction of sp³-hybridized carbons (Fsp3) is 0.476. The van der Waals surface area contributed by atoms with E-state index in [4.69, 9.17) is 5.73 Å². The van der Waals surface area contributed by atoms with E-state index in [0.29, 0.717) is 22.9 Å². The van der Waals surface area contributed by atoms with E-state index in [1.54, 1.807) is 11.3 Å². The summed E-state index contributed by atoms with van der Waals surface area (Å²) < 4.78 is 0. The van der Waals surface area contributed by atoms with Gasteiger partial charge in [-0.25, -0.2) is 0 Å². The van der Waals surface area contributed by atoms with Gasteiger partial charge in [-0.3, -0.25) is 4.79 Å². The third kappa shape index (κ3) is 3.74. The number of thiophene rings is 1. The van der Waals surface area contributed by atoms with Gasteiger partial charge in [-0.2, -0.15) is 0 Å². The highest BCUT2D eigenvalue weighted by atomic mass is 32.1. The zero-order chi connectivity index (χ0) is 18.0. The van der Waals surface area contributed by atoms with Crippen molar-refractivity contribution in [1.82, 2.24) is 5.32 Å². The molecule has 1 aliphatic carbocycles. The Labute approximate surface area is 154 Å². The Morgan fingerprint density at radius 2 is 2.04 bits per heavy atom. The molecule has 0 saturated heterocycles. The normalized spacial score (nSPS) is 17.2. The molecule has 0 unspecified atom stereocenters. The molecule has 134 valence electrons. The highest BCUT2D eigenvalue weighted by molar-refractivity contribution is 7.16. The Hall–Kier alpha value is -1.81. The largest absolute Gasteiger partial charge is 0.390 e. The molecule has 3 rings (SSSR count). The van der Waals surface area contributed by atoms with Crippen LogP contribution in [0.2, 0.25) is 0 Å². The van der Waals surface area contributed by atoms with Crippen LogP contribution in [-0.4, -0.2) is 5.91 Å². The van der Waals surface area contributed by atoms with E-state index in [1.165, 1.54) is 16.9 Å². The molecule has 0 fully saturated rings. The summed E-state index contributed by atoms with van der Waals surface area (Å²) in [5.74, 6) is 0.635. The summed E-state index contributed by atoms with van der Waals surface area (Å²) >= 11 is 1.61. The lowest BCUT2D eigenvalue weighted by atomic mass is 9.69. The van der Waals surface area contributed by atoms with Gasteiger partial charge in [0.2, 0.25) is 0 Å². The van der Waals surface area contributed by atoms with Gasteiger partial charge in [0, 0.05) is 11.4 Å². The predicted molar refractivity (Wildman–Crippen MR) is 106 cm³/mol. The first-order chi connectivity index (χ1) is 11.9. The zero-order valence-electron chi connectivity index (χ0n) is 15.4. The van der Waals surface area contributed by atoms with E-state index in [2.05, 4.69) is 26.1 Å². The van der Waals surface area contributed by atoms with Gasteiger partial charge in [-0.1, -0.05) is 57.5 Å². The minimum Gasteiger partial charge on any atom is -0.390 e. The van der Waals surface area contributed by atoms with Crippen molar-refractivity contribution in [3.63, 3.8) is 0 Å². The van der Waals surface area contributed by atoms with Gasteiger partial charge in [0.25, 0.3) is 5.91 Å². The van der Waals surface area contributed by atoms with Crippen LogP contribution in [-0.2, 0) is 19.4 Å². The second-order valence-corrected chi connectivity index (χ2v) is 8.83. The van der Waals surface area contributed by atoms with E-state index in [0.717, 1.165) is 30.4 Å². The summed E-state index contributed by atoms with van der Waals surface area (Å²) in [6.07, 6.45) is 4.34. The smallest absolute Gasteiger partial charge is 0.254 e. The van der Waals surface area contributed by atoms with Crippen molar-refractivity contribution in [3.8, 4) is 0 Å². The molecular formula is C21H28N2OS. The Morgan fingerprint density at radius 3 is 2.72 bits per heavy atom. The van der Waals surface area contributed by atoms with Gasteiger partial charge in [0.1, 0.15) is 0 Å². The fourth-order valence-corrected chi connectivity index (χ4v) is 4.87. The van der Waals surface area contributed by atoms with Crippen molar-refractivity contribution < 1.29 is 4.79 Å². The zero-order valence-corrected chi connectivity index (χ0v) is 16.2. The molecule has 0 saturated carbocycles. The highest BCUT2D eigenvalue weighted by Crippen LogP contribution is 2.44. The van der Waals surface area contributed by atoms with Crippen molar-refractivity contribution in [2.24, 2.45) is 11.3 Å². The van der Waals surface area contributed by atoms with Crippen LogP contribution in [0.4, 0.5) is 5.00 Å². The lowest BCUT2D eigenvalue weighted by molar-refractivity contribution is 0.0950. The van der Waals surface area contributed by atoms with Crippen molar-refractivity contribution in [2.75, 3.05) is 5.73 Å². The summed E-state index contributed by atoms with van der Waals surface area (Å²) in [7, 11) is 0. The fourth-order valence-electron chi connectivity index (χ4n) is 3.68. The minimum absolute atomic E-state index is 0.0351. The van der Waals surface area contributed by atoms with Crippen LogP contribution < -0.4 is 11.1 Å². The van der Waals surface area contributed by atoms with E-state index in [9.17, 15) is 4.79 Å². The molecule has 1 aromatic carbocycles. The molecule has 3 nitrogen and oxygen atoms in total. The molecule has 1 amide bonds. The first kappa shape index (κ1) is 18.0. The Morgan fingerprint density at radius 1 is 1.32 bits per heavy atom. The molecule has 0 aliphatic heterocycles. The lowest BCUT2D eigenvalue weighted by Crippen LogP contribution is -2.29. The van der Waals surface area contributed by atoms with E-state index >= 15 is 0 Å². The topological polar surface area (TPSA) is 55.1 Å². The molecule has 25 heavy (non-hydrogen) atoms. The molecule has 2 aromatic rings. The maximum atomic E-state index is 12.7. The van der Waals surface area contributed by atoms with Crippen LogP contribution >= 0.6 is 11.3 Å². The van der Waals surface area contributed by atoms with Gasteiger partial charge < -0.3 is 11.1 Å². The summed E-state index contributed by atoms with van der Waals surface area (Å²) in [6.45, 7) is 7.51. The number of nitrogens with two attached hydrogens (primary N) is 1. The predicted octanol–water partition coefficient (Wildman–Crippen LogP) is 4.80. The lowest BCUT2D eigenvalue weighted by Gasteiger charge is -2.36. The SMILES string of the molecule is CCC(C)(C)[C@H]1CCc2c(sc(N)c2C(=O)NCc2ccccc2)C1. The summed E-state index contributed by atoms with van der Waals surface area (Å²) in [5.41, 5.74) is 9.59. The van der Waals surface area contributed by atoms with E-state index in [-0.39, 0.29) is 5.91 Å². The van der Waals surface area contributed by atoms with Crippen molar-refractivity contribution in [1.29, 1.82) is 0 Å². The minimum atomic E-state index is -0.0351. The molecule has 1 heterocycles. The Kier molecular flexibility index (Phi) is 5.19. The highest BCUT2D eigenvalue weighted by Gasteiger charge is 2.34. The number of anilines is 1. The van der Waals surface area contributed by atoms with Crippen LogP contribution in [0.5, 0.6) is 0 Å². The summed E-state index contributed by atoms with van der Waals surface area (Å²) in [6, 6.07) is 9.98. The van der Waals surface area contributed by atoms with Crippen LogP contribution in [0.1, 0.15) is 60.0 Å². The third-order valence-electron chi connectivity index (χ3n) is 5.83. The van der Waals surface area contributed by atoms with Gasteiger partial charge in [-0.15, -0.1) is 11.3 Å². The van der Waals surface area contributed by atoms with Gasteiger partial charge in [-0.05, 0) is 41.7 Å².